The first kappa shape index (κ1) is 25.2. The zero-order chi connectivity index (χ0) is 15.4. The molecule has 0 aliphatic carbocycles. The third-order valence-corrected chi connectivity index (χ3v) is 3.71. The van der Waals surface area contributed by atoms with E-state index in [-0.39, 0.29) is 21.1 Å². The molecule has 0 heterocycles. The van der Waals surface area contributed by atoms with Gasteiger partial charge in [-0.15, -0.1) is 0 Å². The molecule has 0 aromatic rings. The van der Waals surface area contributed by atoms with E-state index in [1.165, 1.54) is 0 Å². The first-order valence-corrected chi connectivity index (χ1v) is 8.97. The Balaban J connectivity index is -0.000000256. The van der Waals surface area contributed by atoms with Gasteiger partial charge in [0.05, 0.1) is 15.6 Å². The summed E-state index contributed by atoms with van der Waals surface area (Å²) < 4.78 is 43.4. The Morgan fingerprint density at radius 2 is 0.789 bits per heavy atom. The fourth-order valence-electron chi connectivity index (χ4n) is 0.261. The monoisotopic (exact) mass is 547 g/mol. The Morgan fingerprint density at radius 1 is 0.632 bits per heavy atom. The molecule has 0 saturated heterocycles. The summed E-state index contributed by atoms with van der Waals surface area (Å²) in [4.78, 5) is 68.3. The van der Waals surface area contributed by atoms with E-state index < -0.39 is 31.3 Å². The summed E-state index contributed by atoms with van der Waals surface area (Å²) in [6, 6.07) is 0. The van der Waals surface area contributed by atoms with Gasteiger partial charge in [-0.3, -0.25) is 8.62 Å². The molecule has 0 fully saturated rings. The summed E-state index contributed by atoms with van der Waals surface area (Å²) in [6.07, 6.45) is 0. The van der Waals surface area contributed by atoms with Crippen LogP contribution in [0.1, 0.15) is 0 Å². The molecule has 19 heteroatoms. The van der Waals surface area contributed by atoms with Gasteiger partial charge in [0.25, 0.3) is 0 Å². The zero-order valence-corrected chi connectivity index (χ0v) is 13.8. The van der Waals surface area contributed by atoms with E-state index in [0.29, 0.717) is 0 Å². The quantitative estimate of drug-likeness (QED) is 0.244. The van der Waals surface area contributed by atoms with Crippen LogP contribution in [0.15, 0.2) is 0 Å². The number of hydrogen-bond acceptors (Lipinski definition) is 10. The molecule has 0 unspecified atom stereocenters. The number of rotatable bonds is 4. The van der Waals surface area contributed by atoms with Crippen molar-refractivity contribution in [2.24, 2.45) is 0 Å². The summed E-state index contributed by atoms with van der Waals surface area (Å²) in [5.74, 6) is 0. The van der Waals surface area contributed by atoms with E-state index in [1.807, 2.05) is 0 Å². The second-order valence-corrected chi connectivity index (χ2v) is 7.10. The SMILES string of the molecule is O=P([O-])([O-])OP(=O)(O)O.O=P([O-])([O-])OP(=O)(O)O.[Pt+4]. The van der Waals surface area contributed by atoms with Crippen molar-refractivity contribution in [3.8, 4) is 0 Å². The van der Waals surface area contributed by atoms with Gasteiger partial charge < -0.3 is 48.3 Å². The Morgan fingerprint density at radius 3 is 0.789 bits per heavy atom. The van der Waals surface area contributed by atoms with Gasteiger partial charge in [0, 0.05) is 0 Å². The maximum absolute atomic E-state index is 9.55. The topological polar surface area (TPSA) is 260 Å². The molecule has 0 spiro atoms. The van der Waals surface area contributed by atoms with Gasteiger partial charge in [0.15, 0.2) is 0 Å². The van der Waals surface area contributed by atoms with Crippen molar-refractivity contribution in [2.75, 3.05) is 0 Å². The van der Waals surface area contributed by atoms with Gasteiger partial charge in [0.1, 0.15) is 0 Å². The van der Waals surface area contributed by atoms with Crippen LogP contribution in [0.2, 0.25) is 0 Å². The largest absolute Gasteiger partial charge is 4.00 e. The van der Waals surface area contributed by atoms with Crippen LogP contribution in [-0.2, 0) is 47.9 Å². The molecule has 4 N–H and O–H groups in total. The fourth-order valence-corrected chi connectivity index (χ4v) is 2.34. The molecule has 14 nitrogen and oxygen atoms in total. The maximum Gasteiger partial charge on any atom is 4.00 e. The van der Waals surface area contributed by atoms with Gasteiger partial charge in [0.2, 0.25) is 0 Å². The van der Waals surface area contributed by atoms with Crippen LogP contribution in [0.4, 0.5) is 0 Å². The summed E-state index contributed by atoms with van der Waals surface area (Å²) in [5, 5.41) is 0. The van der Waals surface area contributed by atoms with Gasteiger partial charge in [-0.05, 0) is 0 Å². The Hall–Kier alpha value is 1.21. The summed E-state index contributed by atoms with van der Waals surface area (Å²) in [7, 11) is -21.5. The maximum atomic E-state index is 9.55. The Bertz CT molecular complexity index is 342. The van der Waals surface area contributed by atoms with E-state index in [1.54, 1.807) is 0 Å². The van der Waals surface area contributed by atoms with Crippen LogP contribution in [0.5, 0.6) is 0 Å². The average Bonchev–Trinajstić information content (AvgIpc) is 1.64. The smallest absolute Gasteiger partial charge is 0.789 e. The van der Waals surface area contributed by atoms with E-state index in [9.17, 15) is 37.8 Å². The first-order chi connectivity index (χ1) is 7.41. The predicted molar refractivity (Wildman–Crippen MR) is 41.5 cm³/mol. The molecular weight excluding hydrogens is 543 g/mol. The molecule has 19 heavy (non-hydrogen) atoms. The standard InChI is InChI=1S/2H4O7P2.Pt/c2*1-8(2,3)7-9(4,5)6;/h2*(H2,1,2,3)(H2,4,5,6);/q;;+4/p-4. The average molecular weight is 547 g/mol. The number of phosphoric acid groups is 4. The van der Waals surface area contributed by atoms with Crippen LogP contribution in [0, 0.1) is 0 Å². The third kappa shape index (κ3) is 32.6. The molecule has 0 aliphatic heterocycles. The summed E-state index contributed by atoms with van der Waals surface area (Å²) >= 11 is 0. The van der Waals surface area contributed by atoms with Crippen molar-refractivity contribution in [3.63, 3.8) is 0 Å². The molecule has 0 aliphatic rings. The van der Waals surface area contributed by atoms with Crippen molar-refractivity contribution in [2.45, 2.75) is 0 Å². The molecule has 0 aromatic heterocycles. The molecule has 0 radical (unpaired) electrons. The van der Waals surface area contributed by atoms with Crippen LogP contribution in [0.3, 0.4) is 0 Å². The first-order valence-electron chi connectivity index (χ1n) is 2.99. The molecule has 118 valence electrons. The van der Waals surface area contributed by atoms with Crippen molar-refractivity contribution < 1.29 is 87.1 Å². The zero-order valence-electron chi connectivity index (χ0n) is 7.98. The van der Waals surface area contributed by atoms with Crippen LogP contribution in [0.25, 0.3) is 0 Å². The van der Waals surface area contributed by atoms with E-state index in [4.69, 9.17) is 19.6 Å². The number of hydrogen-bond donors (Lipinski definition) is 4. The predicted octanol–water partition coefficient (Wildman–Crippen LogP) is -4.15. The van der Waals surface area contributed by atoms with E-state index >= 15 is 0 Å². The van der Waals surface area contributed by atoms with Crippen LogP contribution < -0.4 is 19.6 Å². The minimum atomic E-state index is -5.55. The molecule has 0 saturated carbocycles. The molecule has 0 atom stereocenters. The van der Waals surface area contributed by atoms with Gasteiger partial charge in [-0.25, -0.2) is 9.13 Å². The van der Waals surface area contributed by atoms with Crippen molar-refractivity contribution in [3.05, 3.63) is 0 Å². The van der Waals surface area contributed by atoms with Crippen LogP contribution >= 0.6 is 31.3 Å². The summed E-state index contributed by atoms with van der Waals surface area (Å²) in [5.41, 5.74) is 0. The molecular formula is H4O14P4Pt. The molecule has 0 amide bonds. The second kappa shape index (κ2) is 8.60. The minimum Gasteiger partial charge on any atom is -0.789 e. The fraction of sp³-hybridized carbons (Fsp3) is 0. The third-order valence-electron chi connectivity index (χ3n) is 0.413. The Kier molecular flexibility index (Phi) is 11.4. The normalized spacial score (nSPS) is 13.1. The second-order valence-electron chi connectivity index (χ2n) is 2.04. The summed E-state index contributed by atoms with van der Waals surface area (Å²) in [6.45, 7) is 0. The van der Waals surface area contributed by atoms with Crippen molar-refractivity contribution in [1.82, 2.24) is 0 Å². The van der Waals surface area contributed by atoms with E-state index in [0.717, 1.165) is 0 Å². The van der Waals surface area contributed by atoms with Gasteiger partial charge in [-0.2, -0.15) is 0 Å². The van der Waals surface area contributed by atoms with Gasteiger partial charge >= 0.3 is 36.7 Å². The van der Waals surface area contributed by atoms with Gasteiger partial charge in [-0.1, -0.05) is 0 Å². The molecule has 0 rings (SSSR count). The van der Waals surface area contributed by atoms with Crippen molar-refractivity contribution in [1.29, 1.82) is 0 Å². The Labute approximate surface area is 119 Å². The van der Waals surface area contributed by atoms with E-state index in [2.05, 4.69) is 8.62 Å². The van der Waals surface area contributed by atoms with Crippen LogP contribution in [-0.4, -0.2) is 19.6 Å². The minimum absolute atomic E-state index is 0. The van der Waals surface area contributed by atoms with Crippen molar-refractivity contribution >= 4 is 31.3 Å². The molecule has 0 aromatic carbocycles. The molecule has 0 bridgehead atoms.